The Labute approximate surface area is 76.3 Å². The van der Waals surface area contributed by atoms with Gasteiger partial charge in [0.05, 0.1) is 5.57 Å². The molecule has 1 rings (SSSR count). The molecule has 13 heavy (non-hydrogen) atoms. The predicted molar refractivity (Wildman–Crippen MR) is 48.0 cm³/mol. The molecule has 2 atom stereocenters. The van der Waals surface area contributed by atoms with Gasteiger partial charge in [0, 0.05) is 5.82 Å². The minimum absolute atomic E-state index is 0.170. The number of carboxylic acid groups (broad SMARTS) is 1. The zero-order valence-electron chi connectivity index (χ0n) is 7.21. The molecule has 4 nitrogen and oxygen atoms in total. The molecular weight excluding hydrogens is 171 g/mol. The summed E-state index contributed by atoms with van der Waals surface area (Å²) in [5, 5.41) is 26.4. The Hall–Kier alpha value is -1.07. The van der Waals surface area contributed by atoms with Crippen LogP contribution in [0.15, 0.2) is 23.8 Å². The van der Waals surface area contributed by atoms with Crippen LogP contribution in [0, 0.1) is 5.92 Å². The molecule has 0 heterocycles. The van der Waals surface area contributed by atoms with E-state index < -0.39 is 18.9 Å². The molecule has 0 bridgehead atoms. The Morgan fingerprint density at radius 3 is 2.54 bits per heavy atom. The minimum atomic E-state index is -1.43. The third-order valence-electron chi connectivity index (χ3n) is 2.14. The number of aliphatic carboxylic acids is 1. The van der Waals surface area contributed by atoms with Crippen LogP contribution in [-0.4, -0.2) is 28.2 Å². The first-order valence-corrected chi connectivity index (χ1v) is 4.02. The molecule has 0 aliphatic heterocycles. The van der Waals surface area contributed by atoms with Crippen molar-refractivity contribution >= 4 is 13.1 Å². The summed E-state index contributed by atoms with van der Waals surface area (Å²) in [4.78, 5) is 10.5. The molecule has 0 saturated carbocycles. The van der Waals surface area contributed by atoms with E-state index in [4.69, 9.17) is 15.2 Å². The van der Waals surface area contributed by atoms with Crippen molar-refractivity contribution in [3.63, 3.8) is 0 Å². The normalized spacial score (nSPS) is 26.8. The van der Waals surface area contributed by atoms with Gasteiger partial charge >= 0.3 is 13.1 Å². The summed E-state index contributed by atoms with van der Waals surface area (Å²) >= 11 is 0. The highest BCUT2D eigenvalue weighted by atomic mass is 16.4. The van der Waals surface area contributed by atoms with Crippen molar-refractivity contribution in [1.29, 1.82) is 0 Å². The highest BCUT2D eigenvalue weighted by molar-refractivity contribution is 6.44. The summed E-state index contributed by atoms with van der Waals surface area (Å²) < 4.78 is 0. The lowest BCUT2D eigenvalue weighted by atomic mass is 9.64. The third kappa shape index (κ3) is 2.20. The number of hydrogen-bond donors (Lipinski definition) is 3. The number of carbonyl (C=O) groups is 1. The van der Waals surface area contributed by atoms with Crippen molar-refractivity contribution in [3.05, 3.63) is 23.8 Å². The molecule has 0 radical (unpaired) electrons. The van der Waals surface area contributed by atoms with Crippen LogP contribution < -0.4 is 0 Å². The van der Waals surface area contributed by atoms with Gasteiger partial charge in [-0.2, -0.15) is 0 Å². The Morgan fingerprint density at radius 1 is 1.54 bits per heavy atom. The zero-order valence-corrected chi connectivity index (χ0v) is 7.21. The van der Waals surface area contributed by atoms with Gasteiger partial charge in [-0.15, -0.1) is 0 Å². The summed E-state index contributed by atoms with van der Waals surface area (Å²) in [6.45, 7) is 1.75. The fourth-order valence-electron chi connectivity index (χ4n) is 1.35. The second-order valence-corrected chi connectivity index (χ2v) is 3.14. The molecule has 70 valence electrons. The third-order valence-corrected chi connectivity index (χ3v) is 2.14. The van der Waals surface area contributed by atoms with Crippen molar-refractivity contribution in [1.82, 2.24) is 0 Å². The lowest BCUT2D eigenvalue weighted by Crippen LogP contribution is -2.25. The van der Waals surface area contributed by atoms with E-state index in [1.807, 2.05) is 0 Å². The molecule has 0 spiro atoms. The monoisotopic (exact) mass is 182 g/mol. The minimum Gasteiger partial charge on any atom is -0.478 e. The van der Waals surface area contributed by atoms with E-state index >= 15 is 0 Å². The first-order valence-electron chi connectivity index (χ1n) is 4.02. The lowest BCUT2D eigenvalue weighted by molar-refractivity contribution is -0.132. The van der Waals surface area contributed by atoms with Crippen LogP contribution >= 0.6 is 0 Å². The van der Waals surface area contributed by atoms with E-state index in [-0.39, 0.29) is 11.5 Å². The zero-order chi connectivity index (χ0) is 10.0. The smallest absolute Gasteiger partial charge is 0.459 e. The summed E-state index contributed by atoms with van der Waals surface area (Å²) in [5.74, 6) is -1.58. The van der Waals surface area contributed by atoms with Crippen LogP contribution in [0.2, 0.25) is 5.82 Å². The molecule has 0 aromatic carbocycles. The summed E-state index contributed by atoms with van der Waals surface area (Å²) in [6, 6.07) is 0. The SMILES string of the molecule is CC1C=C(C(=O)O)C=CC1B(O)O. The average molecular weight is 182 g/mol. The first kappa shape index (κ1) is 10.0. The largest absolute Gasteiger partial charge is 0.478 e. The molecule has 1 aliphatic carbocycles. The van der Waals surface area contributed by atoms with Crippen LogP contribution in [-0.2, 0) is 4.79 Å². The number of carboxylic acids is 1. The molecule has 0 amide bonds. The highest BCUT2D eigenvalue weighted by Gasteiger charge is 2.28. The number of hydrogen-bond acceptors (Lipinski definition) is 3. The van der Waals surface area contributed by atoms with Crippen molar-refractivity contribution in [2.24, 2.45) is 5.92 Å². The van der Waals surface area contributed by atoms with Gasteiger partial charge in [-0.1, -0.05) is 25.2 Å². The van der Waals surface area contributed by atoms with E-state index in [1.54, 1.807) is 6.92 Å². The fourth-order valence-corrected chi connectivity index (χ4v) is 1.35. The first-order chi connectivity index (χ1) is 6.02. The van der Waals surface area contributed by atoms with E-state index in [1.165, 1.54) is 18.2 Å². The van der Waals surface area contributed by atoms with Gasteiger partial charge in [-0.3, -0.25) is 0 Å². The maximum Gasteiger partial charge on any atom is 0.459 e. The predicted octanol–water partition coefficient (Wildman–Crippen LogP) is 0.0463. The van der Waals surface area contributed by atoms with Gasteiger partial charge in [-0.25, -0.2) is 4.79 Å². The Kier molecular flexibility index (Phi) is 2.90. The maximum absolute atomic E-state index is 10.5. The molecule has 0 fully saturated rings. The van der Waals surface area contributed by atoms with Gasteiger partial charge in [0.25, 0.3) is 0 Å². The van der Waals surface area contributed by atoms with Crippen LogP contribution in [0.3, 0.4) is 0 Å². The summed E-state index contributed by atoms with van der Waals surface area (Å²) in [5.41, 5.74) is 0.199. The fraction of sp³-hybridized carbons (Fsp3) is 0.375. The van der Waals surface area contributed by atoms with E-state index in [9.17, 15) is 4.79 Å². The Bertz CT molecular complexity index is 269. The van der Waals surface area contributed by atoms with E-state index in [2.05, 4.69) is 0 Å². The molecule has 0 saturated heterocycles. The van der Waals surface area contributed by atoms with Crippen LogP contribution in [0.1, 0.15) is 6.92 Å². The summed E-state index contributed by atoms with van der Waals surface area (Å²) in [6.07, 6.45) is 4.43. The second kappa shape index (κ2) is 3.76. The Morgan fingerprint density at radius 2 is 2.15 bits per heavy atom. The van der Waals surface area contributed by atoms with Crippen LogP contribution in [0.5, 0.6) is 0 Å². The van der Waals surface area contributed by atoms with Crippen molar-refractivity contribution < 1.29 is 19.9 Å². The van der Waals surface area contributed by atoms with Gasteiger partial charge in [-0.05, 0) is 5.92 Å². The van der Waals surface area contributed by atoms with Crippen molar-refractivity contribution in [2.75, 3.05) is 0 Å². The van der Waals surface area contributed by atoms with E-state index in [0.29, 0.717) is 0 Å². The van der Waals surface area contributed by atoms with Gasteiger partial charge in [0.2, 0.25) is 0 Å². The number of rotatable bonds is 2. The van der Waals surface area contributed by atoms with E-state index in [0.717, 1.165) is 0 Å². The molecule has 2 unspecified atom stereocenters. The maximum atomic E-state index is 10.5. The average Bonchev–Trinajstić information content (AvgIpc) is 2.03. The highest BCUT2D eigenvalue weighted by Crippen LogP contribution is 2.28. The van der Waals surface area contributed by atoms with Crippen LogP contribution in [0.25, 0.3) is 0 Å². The molecule has 3 N–H and O–H groups in total. The van der Waals surface area contributed by atoms with Crippen molar-refractivity contribution in [2.45, 2.75) is 12.7 Å². The second-order valence-electron chi connectivity index (χ2n) is 3.14. The molecule has 5 heteroatoms. The molecule has 0 aromatic heterocycles. The summed E-state index contributed by atoms with van der Waals surface area (Å²) in [7, 11) is -1.43. The number of allylic oxidation sites excluding steroid dienone is 2. The quantitative estimate of drug-likeness (QED) is 0.527. The lowest BCUT2D eigenvalue weighted by Gasteiger charge is -2.20. The van der Waals surface area contributed by atoms with Crippen LogP contribution in [0.4, 0.5) is 0 Å². The topological polar surface area (TPSA) is 77.8 Å². The van der Waals surface area contributed by atoms with Gasteiger partial charge in [0.1, 0.15) is 0 Å². The standard InChI is InChI=1S/C8H11BO4/c1-5-4-6(8(10)11)2-3-7(5)9(12)13/h2-5,7,12-13H,1H3,(H,10,11). The molecule has 1 aliphatic rings. The Balaban J connectivity index is 2.79. The van der Waals surface area contributed by atoms with Gasteiger partial charge in [0.15, 0.2) is 0 Å². The van der Waals surface area contributed by atoms with Gasteiger partial charge < -0.3 is 15.2 Å². The molecule has 0 aromatic rings. The molecular formula is C8H11BO4. The van der Waals surface area contributed by atoms with Crippen molar-refractivity contribution in [3.8, 4) is 0 Å².